The average molecular weight is 413 g/mol. The summed E-state index contributed by atoms with van der Waals surface area (Å²) in [6.07, 6.45) is -1.59. The van der Waals surface area contributed by atoms with Gasteiger partial charge < -0.3 is 26.2 Å². The van der Waals surface area contributed by atoms with Crippen LogP contribution in [0.3, 0.4) is 0 Å². The van der Waals surface area contributed by atoms with Gasteiger partial charge in [-0.25, -0.2) is 0 Å². The van der Waals surface area contributed by atoms with E-state index < -0.39 is 53.5 Å². The van der Waals surface area contributed by atoms with Crippen LogP contribution in [0.2, 0.25) is 0 Å². The Labute approximate surface area is 169 Å². The van der Waals surface area contributed by atoms with E-state index in [1.807, 2.05) is 0 Å². The van der Waals surface area contributed by atoms with Gasteiger partial charge in [-0.15, -0.1) is 0 Å². The number of aliphatic hydroxyl groups excluding tert-OH is 2. The fraction of sp³-hybridized carbons (Fsp3) is 0.778. The van der Waals surface area contributed by atoms with Crippen molar-refractivity contribution in [3.8, 4) is 0 Å². The maximum absolute atomic E-state index is 13.2. The van der Waals surface area contributed by atoms with Gasteiger partial charge in [0.2, 0.25) is 17.7 Å². The minimum Gasteiger partial charge on any atom is -0.391 e. The van der Waals surface area contributed by atoms with Crippen LogP contribution in [0.15, 0.2) is 0 Å². The van der Waals surface area contributed by atoms with Crippen LogP contribution >= 0.6 is 0 Å². The summed E-state index contributed by atoms with van der Waals surface area (Å²) in [6, 6.07) is -1.12. The van der Waals surface area contributed by atoms with Crippen LogP contribution in [0.25, 0.3) is 0 Å². The summed E-state index contributed by atoms with van der Waals surface area (Å²) < 4.78 is 0. The first-order valence-electron chi connectivity index (χ1n) is 9.78. The Balaban J connectivity index is 2.25. The van der Waals surface area contributed by atoms with Crippen LogP contribution in [0.1, 0.15) is 26.7 Å². The molecule has 11 heteroatoms. The number of likely N-dealkylation sites (tertiary alicyclic amines) is 1. The molecule has 2 aliphatic heterocycles. The molecule has 7 N–H and O–H groups in total. The van der Waals surface area contributed by atoms with Gasteiger partial charge in [-0.3, -0.25) is 29.8 Å². The smallest absolute Gasteiger partial charge is 0.242 e. The second-order valence-corrected chi connectivity index (χ2v) is 7.92. The summed E-state index contributed by atoms with van der Waals surface area (Å²) >= 11 is 0. The Kier molecular flexibility index (Phi) is 7.46. The zero-order valence-electron chi connectivity index (χ0n) is 16.8. The highest BCUT2D eigenvalue weighted by molar-refractivity contribution is 6.01. The second kappa shape index (κ2) is 9.26. The van der Waals surface area contributed by atoms with Crippen LogP contribution in [0.5, 0.6) is 0 Å². The molecule has 11 nitrogen and oxygen atoms in total. The number of aliphatic hydroxyl groups is 2. The lowest BCUT2D eigenvalue weighted by Crippen LogP contribution is -2.69. The van der Waals surface area contributed by atoms with Crippen molar-refractivity contribution in [3.63, 3.8) is 0 Å². The van der Waals surface area contributed by atoms with Crippen LogP contribution in [0, 0.1) is 11.8 Å². The van der Waals surface area contributed by atoms with Gasteiger partial charge >= 0.3 is 0 Å². The minimum absolute atomic E-state index is 0.0144. The van der Waals surface area contributed by atoms with Gasteiger partial charge in [-0.2, -0.15) is 0 Å². The molecule has 0 spiro atoms. The topological polar surface area (TPSA) is 179 Å². The molecule has 164 valence electrons. The van der Waals surface area contributed by atoms with Gasteiger partial charge in [0.05, 0.1) is 24.0 Å². The van der Waals surface area contributed by atoms with Crippen molar-refractivity contribution in [3.05, 3.63) is 0 Å². The summed E-state index contributed by atoms with van der Waals surface area (Å²) in [5, 5.41) is 22.6. The molecule has 2 saturated heterocycles. The highest BCUT2D eigenvalue weighted by Gasteiger charge is 2.49. The zero-order valence-corrected chi connectivity index (χ0v) is 16.8. The Hall–Kier alpha value is -1.92. The van der Waals surface area contributed by atoms with Crippen molar-refractivity contribution < 1.29 is 29.4 Å². The van der Waals surface area contributed by atoms with E-state index in [4.69, 9.17) is 11.5 Å². The van der Waals surface area contributed by atoms with Crippen molar-refractivity contribution in [2.75, 3.05) is 26.2 Å². The SMILES string of the molecule is C[C@@H](O)[C@H](N)C(=O)N1CC[C@@H](C(=O)N(C(=O)[C@H]2CCNC2)[C@](N)(C=O)[C@@H](C)O)C1. The number of rotatable bonds is 7. The lowest BCUT2D eigenvalue weighted by Gasteiger charge is -2.39. The third-order valence-electron chi connectivity index (χ3n) is 5.75. The summed E-state index contributed by atoms with van der Waals surface area (Å²) in [7, 11) is 0. The first-order valence-corrected chi connectivity index (χ1v) is 9.78. The number of carbonyl (C=O) groups is 4. The summed E-state index contributed by atoms with van der Waals surface area (Å²) in [5.41, 5.74) is 9.50. The first-order chi connectivity index (χ1) is 13.5. The molecule has 0 radical (unpaired) electrons. The minimum atomic E-state index is -2.20. The summed E-state index contributed by atoms with van der Waals surface area (Å²) in [5.74, 6) is -3.15. The molecule has 0 aromatic heterocycles. The lowest BCUT2D eigenvalue weighted by atomic mass is 9.96. The molecular formula is C18H31N5O6. The molecule has 0 saturated carbocycles. The van der Waals surface area contributed by atoms with Crippen molar-refractivity contribution in [2.24, 2.45) is 23.3 Å². The highest BCUT2D eigenvalue weighted by Crippen LogP contribution is 2.26. The van der Waals surface area contributed by atoms with E-state index >= 15 is 0 Å². The predicted molar refractivity (Wildman–Crippen MR) is 102 cm³/mol. The van der Waals surface area contributed by atoms with Gasteiger partial charge in [-0.05, 0) is 33.2 Å². The molecule has 2 heterocycles. The Morgan fingerprint density at radius 1 is 1.21 bits per heavy atom. The Morgan fingerprint density at radius 3 is 2.31 bits per heavy atom. The van der Waals surface area contributed by atoms with Gasteiger partial charge in [0.25, 0.3) is 0 Å². The number of imide groups is 1. The molecule has 0 aromatic rings. The third-order valence-corrected chi connectivity index (χ3v) is 5.75. The number of hydrogen-bond donors (Lipinski definition) is 5. The fourth-order valence-electron chi connectivity index (χ4n) is 3.64. The molecule has 3 amide bonds. The van der Waals surface area contributed by atoms with Crippen LogP contribution in [-0.2, 0) is 19.2 Å². The molecule has 2 rings (SSSR count). The standard InChI is InChI=1S/C18H31N5O6/c1-10(25)14(19)17(29)22-6-4-13(8-22)16(28)23(18(20,9-24)11(2)26)15(27)12-3-5-21-7-12/h9-14,21,25-26H,3-8,19-20H2,1-2H3/t10-,11-,12+,13-,14+,18-/m1/s1. The van der Waals surface area contributed by atoms with E-state index in [-0.39, 0.29) is 25.8 Å². The number of aldehydes is 1. The molecule has 0 aromatic carbocycles. The quantitative estimate of drug-likeness (QED) is 0.163. The van der Waals surface area contributed by atoms with Crippen LogP contribution < -0.4 is 16.8 Å². The molecular weight excluding hydrogens is 382 g/mol. The van der Waals surface area contributed by atoms with Crippen molar-refractivity contribution in [1.82, 2.24) is 15.1 Å². The predicted octanol–water partition coefficient (Wildman–Crippen LogP) is -3.26. The van der Waals surface area contributed by atoms with Crippen molar-refractivity contribution in [2.45, 2.75) is 50.6 Å². The zero-order chi connectivity index (χ0) is 21.9. The monoisotopic (exact) mass is 413 g/mol. The van der Waals surface area contributed by atoms with Crippen LogP contribution in [-0.4, -0.2) is 94.1 Å². The Bertz CT molecular complexity index is 651. The molecule has 6 atom stereocenters. The molecule has 2 fully saturated rings. The number of carbonyl (C=O) groups excluding carboxylic acids is 4. The molecule has 0 unspecified atom stereocenters. The van der Waals surface area contributed by atoms with Gasteiger partial charge in [-0.1, -0.05) is 0 Å². The van der Waals surface area contributed by atoms with Crippen molar-refractivity contribution >= 4 is 24.0 Å². The molecule has 0 aliphatic carbocycles. The highest BCUT2D eigenvalue weighted by atomic mass is 16.3. The first kappa shape index (κ1) is 23.4. The number of hydrogen-bond acceptors (Lipinski definition) is 9. The number of nitrogens with two attached hydrogens (primary N) is 2. The summed E-state index contributed by atoms with van der Waals surface area (Å²) in [6.45, 7) is 3.77. The largest absolute Gasteiger partial charge is 0.391 e. The van der Waals surface area contributed by atoms with E-state index in [1.54, 1.807) is 0 Å². The number of nitrogens with one attached hydrogen (secondary N) is 1. The van der Waals surface area contributed by atoms with E-state index in [1.165, 1.54) is 18.7 Å². The maximum Gasteiger partial charge on any atom is 0.242 e. The second-order valence-electron chi connectivity index (χ2n) is 7.92. The summed E-state index contributed by atoms with van der Waals surface area (Å²) in [4.78, 5) is 52.4. The lowest BCUT2D eigenvalue weighted by molar-refractivity contribution is -0.164. The molecule has 0 bridgehead atoms. The number of amides is 3. The molecule has 29 heavy (non-hydrogen) atoms. The number of nitrogens with zero attached hydrogens (tertiary/aromatic N) is 2. The van der Waals surface area contributed by atoms with E-state index in [0.717, 1.165) is 0 Å². The van der Waals surface area contributed by atoms with Crippen molar-refractivity contribution in [1.29, 1.82) is 0 Å². The van der Waals surface area contributed by atoms with Gasteiger partial charge in [0, 0.05) is 19.6 Å². The fourth-order valence-corrected chi connectivity index (χ4v) is 3.64. The van der Waals surface area contributed by atoms with E-state index in [0.29, 0.717) is 24.4 Å². The van der Waals surface area contributed by atoms with E-state index in [9.17, 15) is 29.4 Å². The maximum atomic E-state index is 13.2. The molecule has 2 aliphatic rings. The van der Waals surface area contributed by atoms with Crippen LogP contribution in [0.4, 0.5) is 0 Å². The Morgan fingerprint density at radius 2 is 1.83 bits per heavy atom. The van der Waals surface area contributed by atoms with Gasteiger partial charge in [0.1, 0.15) is 6.04 Å². The van der Waals surface area contributed by atoms with Gasteiger partial charge in [0.15, 0.2) is 11.9 Å². The third kappa shape index (κ3) is 4.64. The average Bonchev–Trinajstić information content (AvgIpc) is 3.38. The van der Waals surface area contributed by atoms with E-state index in [2.05, 4.69) is 5.32 Å². The normalized spacial score (nSPS) is 27.0.